The van der Waals surface area contributed by atoms with Crippen LogP contribution in [-0.2, 0) is 0 Å². The van der Waals surface area contributed by atoms with E-state index >= 15 is 0 Å². The molecule has 1 aliphatic heterocycles. The van der Waals surface area contributed by atoms with Gasteiger partial charge in [-0.05, 0) is 31.9 Å². The van der Waals surface area contributed by atoms with E-state index in [0.29, 0.717) is 12.5 Å². The van der Waals surface area contributed by atoms with Gasteiger partial charge in [0, 0.05) is 19.2 Å². The second kappa shape index (κ2) is 10.6. The molecule has 0 aromatic heterocycles. The van der Waals surface area contributed by atoms with Crippen molar-refractivity contribution in [3.05, 3.63) is 24.3 Å². The number of rotatable bonds is 5. The number of ether oxygens (including phenoxy) is 2. The zero-order valence-corrected chi connectivity index (χ0v) is 16.4. The Kier molecular flexibility index (Phi) is 9.13. The molecule has 1 heterocycles. The smallest absolute Gasteiger partial charge is 0.191 e. The number of hydrogen-bond donors (Lipinski definition) is 1. The van der Waals surface area contributed by atoms with E-state index in [4.69, 9.17) is 15.2 Å². The highest BCUT2D eigenvalue weighted by molar-refractivity contribution is 14.0. The first kappa shape index (κ1) is 19.9. The van der Waals surface area contributed by atoms with Crippen molar-refractivity contribution in [1.82, 2.24) is 4.90 Å². The molecule has 1 unspecified atom stereocenters. The molecule has 1 atom stereocenters. The van der Waals surface area contributed by atoms with E-state index in [1.54, 1.807) is 7.11 Å². The Labute approximate surface area is 156 Å². The van der Waals surface area contributed by atoms with Gasteiger partial charge in [0.05, 0.1) is 13.7 Å². The molecule has 1 saturated heterocycles. The fraction of sp³-hybridized carbons (Fsp3) is 0.588. The minimum Gasteiger partial charge on any atom is -0.497 e. The van der Waals surface area contributed by atoms with Crippen LogP contribution in [0.3, 0.4) is 0 Å². The molecule has 2 N–H and O–H groups in total. The van der Waals surface area contributed by atoms with E-state index in [0.717, 1.165) is 24.6 Å². The van der Waals surface area contributed by atoms with Gasteiger partial charge < -0.3 is 20.1 Å². The minimum atomic E-state index is -0.0300. The van der Waals surface area contributed by atoms with Gasteiger partial charge in [0.1, 0.15) is 17.6 Å². The first-order valence-electron chi connectivity index (χ1n) is 8.04. The molecule has 5 nitrogen and oxygen atoms in total. The van der Waals surface area contributed by atoms with Crippen LogP contribution in [0.1, 0.15) is 32.6 Å². The zero-order chi connectivity index (χ0) is 15.8. The summed E-state index contributed by atoms with van der Waals surface area (Å²) in [5, 5.41) is 0. The third-order valence-corrected chi connectivity index (χ3v) is 3.82. The number of methoxy groups -OCH3 is 1. The van der Waals surface area contributed by atoms with Crippen molar-refractivity contribution in [2.45, 2.75) is 38.7 Å². The summed E-state index contributed by atoms with van der Waals surface area (Å²) < 4.78 is 11.0. The van der Waals surface area contributed by atoms with Crippen molar-refractivity contribution in [2.75, 3.05) is 26.7 Å². The quantitative estimate of drug-likeness (QED) is 0.440. The summed E-state index contributed by atoms with van der Waals surface area (Å²) in [6, 6.07) is 7.60. The summed E-state index contributed by atoms with van der Waals surface area (Å²) in [5.41, 5.74) is 6.11. The van der Waals surface area contributed by atoms with Crippen LogP contribution in [0.2, 0.25) is 0 Å². The summed E-state index contributed by atoms with van der Waals surface area (Å²) in [5.74, 6) is 2.22. The number of likely N-dealkylation sites (tertiary alicyclic amines) is 1. The van der Waals surface area contributed by atoms with Crippen LogP contribution in [0, 0.1) is 0 Å². The summed E-state index contributed by atoms with van der Waals surface area (Å²) >= 11 is 0. The molecule has 0 spiro atoms. The molecular weight excluding hydrogens is 405 g/mol. The van der Waals surface area contributed by atoms with Crippen LogP contribution in [0.15, 0.2) is 29.3 Å². The number of benzene rings is 1. The van der Waals surface area contributed by atoms with Crippen molar-refractivity contribution >= 4 is 29.9 Å². The maximum atomic E-state index is 6.11. The third-order valence-electron chi connectivity index (χ3n) is 3.82. The molecule has 1 fully saturated rings. The standard InChI is InChI=1S/C17H27N3O2.HI/c1-14(22-16-9-7-8-15(12-16)21-2)13-19-17(18)20-10-5-3-4-6-11-20;/h7-9,12,14H,3-6,10-11,13H2,1-2H3,(H2,18,19);1H. The Bertz CT molecular complexity index is 488. The average Bonchev–Trinajstić information content (AvgIpc) is 2.82. The second-order valence-electron chi connectivity index (χ2n) is 5.71. The Morgan fingerprint density at radius 1 is 1.22 bits per heavy atom. The fourth-order valence-electron chi connectivity index (χ4n) is 2.57. The molecule has 1 aromatic rings. The number of guanidine groups is 1. The molecule has 0 amide bonds. The van der Waals surface area contributed by atoms with Crippen LogP contribution in [0.4, 0.5) is 0 Å². The Hall–Kier alpha value is -1.18. The summed E-state index contributed by atoms with van der Waals surface area (Å²) in [4.78, 5) is 6.68. The SMILES string of the molecule is COc1cccc(OC(C)CN=C(N)N2CCCCCC2)c1.I. The van der Waals surface area contributed by atoms with Gasteiger partial charge in [-0.2, -0.15) is 0 Å². The average molecular weight is 433 g/mol. The maximum absolute atomic E-state index is 6.11. The predicted molar refractivity (Wildman–Crippen MR) is 105 cm³/mol. The monoisotopic (exact) mass is 433 g/mol. The number of nitrogens with two attached hydrogens (primary N) is 1. The highest BCUT2D eigenvalue weighted by Crippen LogP contribution is 2.20. The van der Waals surface area contributed by atoms with Gasteiger partial charge in [0.15, 0.2) is 5.96 Å². The van der Waals surface area contributed by atoms with Crippen LogP contribution in [0.5, 0.6) is 11.5 Å². The van der Waals surface area contributed by atoms with Crippen molar-refractivity contribution in [1.29, 1.82) is 0 Å². The molecule has 6 heteroatoms. The van der Waals surface area contributed by atoms with Gasteiger partial charge in [0.2, 0.25) is 0 Å². The molecule has 1 aromatic carbocycles. The van der Waals surface area contributed by atoms with Gasteiger partial charge in [-0.15, -0.1) is 24.0 Å². The predicted octanol–water partition coefficient (Wildman–Crippen LogP) is 3.27. The van der Waals surface area contributed by atoms with E-state index in [2.05, 4.69) is 9.89 Å². The molecule has 1 aliphatic rings. The molecule has 130 valence electrons. The second-order valence-corrected chi connectivity index (χ2v) is 5.71. The first-order valence-corrected chi connectivity index (χ1v) is 8.04. The zero-order valence-electron chi connectivity index (χ0n) is 14.0. The number of hydrogen-bond acceptors (Lipinski definition) is 3. The lowest BCUT2D eigenvalue weighted by Gasteiger charge is -2.22. The number of halogens is 1. The van der Waals surface area contributed by atoms with Crippen molar-refractivity contribution in [3.63, 3.8) is 0 Å². The summed E-state index contributed by atoms with van der Waals surface area (Å²) in [6.45, 7) is 4.58. The topological polar surface area (TPSA) is 60.1 Å². The third kappa shape index (κ3) is 6.85. The fourth-order valence-corrected chi connectivity index (χ4v) is 2.57. The molecule has 23 heavy (non-hydrogen) atoms. The molecular formula is C17H28IN3O2. The normalized spacial score (nSPS) is 17.0. The van der Waals surface area contributed by atoms with E-state index in [9.17, 15) is 0 Å². The Morgan fingerprint density at radius 3 is 2.52 bits per heavy atom. The van der Waals surface area contributed by atoms with Crippen LogP contribution < -0.4 is 15.2 Å². The number of aliphatic imine (C=N–C) groups is 1. The van der Waals surface area contributed by atoms with Crippen LogP contribution >= 0.6 is 24.0 Å². The van der Waals surface area contributed by atoms with E-state index in [-0.39, 0.29) is 30.1 Å². The van der Waals surface area contributed by atoms with Crippen molar-refractivity contribution < 1.29 is 9.47 Å². The van der Waals surface area contributed by atoms with E-state index in [1.807, 2.05) is 31.2 Å². The Morgan fingerprint density at radius 2 is 1.87 bits per heavy atom. The van der Waals surface area contributed by atoms with Crippen molar-refractivity contribution in [2.24, 2.45) is 10.7 Å². The Balaban J connectivity index is 0.00000264. The lowest BCUT2D eigenvalue weighted by Crippen LogP contribution is -2.38. The molecule has 2 rings (SSSR count). The number of nitrogens with zero attached hydrogens (tertiary/aromatic N) is 2. The van der Waals surface area contributed by atoms with Gasteiger partial charge >= 0.3 is 0 Å². The maximum Gasteiger partial charge on any atom is 0.191 e. The largest absolute Gasteiger partial charge is 0.497 e. The highest BCUT2D eigenvalue weighted by atomic mass is 127. The minimum absolute atomic E-state index is 0. The molecule has 0 radical (unpaired) electrons. The van der Waals surface area contributed by atoms with Gasteiger partial charge in [-0.3, -0.25) is 0 Å². The highest BCUT2D eigenvalue weighted by Gasteiger charge is 2.11. The summed E-state index contributed by atoms with van der Waals surface area (Å²) in [7, 11) is 1.65. The van der Waals surface area contributed by atoms with Crippen molar-refractivity contribution in [3.8, 4) is 11.5 Å². The van der Waals surface area contributed by atoms with E-state index < -0.39 is 0 Å². The summed E-state index contributed by atoms with van der Waals surface area (Å²) in [6.07, 6.45) is 4.95. The molecule has 0 saturated carbocycles. The van der Waals surface area contributed by atoms with Crippen LogP contribution in [-0.4, -0.2) is 43.7 Å². The lowest BCUT2D eigenvalue weighted by atomic mass is 10.2. The van der Waals surface area contributed by atoms with Crippen LogP contribution in [0.25, 0.3) is 0 Å². The van der Waals surface area contributed by atoms with E-state index in [1.165, 1.54) is 25.7 Å². The molecule has 0 bridgehead atoms. The van der Waals surface area contributed by atoms with Gasteiger partial charge in [-0.25, -0.2) is 4.99 Å². The lowest BCUT2D eigenvalue weighted by molar-refractivity contribution is 0.228. The van der Waals surface area contributed by atoms with Gasteiger partial charge in [0.25, 0.3) is 0 Å². The first-order chi connectivity index (χ1) is 10.7. The molecule has 0 aliphatic carbocycles. The van der Waals surface area contributed by atoms with Gasteiger partial charge in [-0.1, -0.05) is 18.9 Å².